The van der Waals surface area contributed by atoms with E-state index in [0.29, 0.717) is 16.7 Å². The molecule has 19 heteroatoms. The number of aliphatic carboxylic acids is 1. The maximum Gasteiger partial charge on any atom is 0.305 e. The number of primary amides is 1. The van der Waals surface area contributed by atoms with Crippen molar-refractivity contribution in [2.45, 2.75) is 82.7 Å². The van der Waals surface area contributed by atoms with Gasteiger partial charge in [-0.2, -0.15) is 0 Å². The first-order valence-corrected chi connectivity index (χ1v) is 19.0. The van der Waals surface area contributed by atoms with Gasteiger partial charge >= 0.3 is 5.97 Å². The van der Waals surface area contributed by atoms with Crippen molar-refractivity contribution in [1.29, 1.82) is 0 Å². The molecule has 3 rings (SSSR count). The highest BCUT2D eigenvalue weighted by Crippen LogP contribution is 2.14. The summed E-state index contributed by atoms with van der Waals surface area (Å²) in [5.41, 5.74) is 12.9. The Morgan fingerprint density at radius 1 is 0.550 bits per heavy atom. The summed E-state index contributed by atoms with van der Waals surface area (Å²) in [6.45, 7) is 4.10. The first-order chi connectivity index (χ1) is 28.3. The predicted molar refractivity (Wildman–Crippen MR) is 216 cm³/mol. The maximum atomic E-state index is 13.9. The number of phenolic OH excluding ortho intramolecular Hbond substituents is 2. The Hall–Kier alpha value is -7.02. The Balaban J connectivity index is 1.83. The summed E-state index contributed by atoms with van der Waals surface area (Å²) in [7, 11) is 0. The number of benzene rings is 3. The molecule has 0 saturated carbocycles. The van der Waals surface area contributed by atoms with Crippen LogP contribution in [0.15, 0.2) is 78.9 Å². The van der Waals surface area contributed by atoms with Crippen molar-refractivity contribution in [3.8, 4) is 11.5 Å². The highest BCUT2D eigenvalue weighted by molar-refractivity contribution is 5.98. The van der Waals surface area contributed by atoms with Crippen molar-refractivity contribution >= 4 is 47.3 Å². The monoisotopic (exact) mass is 832 g/mol. The minimum Gasteiger partial charge on any atom is -0.508 e. The lowest BCUT2D eigenvalue weighted by Crippen LogP contribution is -2.60. The topological polar surface area (TPSA) is 321 Å². The Kier molecular flexibility index (Phi) is 18.0. The van der Waals surface area contributed by atoms with Crippen molar-refractivity contribution in [3.05, 3.63) is 95.6 Å². The first-order valence-electron chi connectivity index (χ1n) is 19.0. The Labute approximate surface area is 346 Å². The molecule has 0 heterocycles. The highest BCUT2D eigenvalue weighted by Gasteiger charge is 2.34. The fourth-order valence-electron chi connectivity index (χ4n) is 5.80. The van der Waals surface area contributed by atoms with Crippen LogP contribution >= 0.6 is 0 Å². The molecule has 3 aromatic carbocycles. The van der Waals surface area contributed by atoms with Crippen LogP contribution in [0.2, 0.25) is 0 Å². The van der Waals surface area contributed by atoms with E-state index in [1.54, 1.807) is 56.3 Å². The van der Waals surface area contributed by atoms with Crippen molar-refractivity contribution < 1.29 is 53.7 Å². The lowest BCUT2D eigenvalue weighted by atomic mass is 10.00. The molecule has 7 amide bonds. The zero-order valence-corrected chi connectivity index (χ0v) is 33.3. The quantitative estimate of drug-likeness (QED) is 0.0559. The minimum absolute atomic E-state index is 0.0336. The van der Waals surface area contributed by atoms with Crippen LogP contribution in [0.5, 0.6) is 11.5 Å². The van der Waals surface area contributed by atoms with E-state index in [2.05, 4.69) is 31.9 Å². The van der Waals surface area contributed by atoms with Crippen molar-refractivity contribution in [2.75, 3.05) is 6.54 Å². The number of nitrogens with one attached hydrogen (secondary N) is 6. The molecule has 19 nitrogen and oxygen atoms in total. The van der Waals surface area contributed by atoms with Gasteiger partial charge in [-0.05, 0) is 60.2 Å². The summed E-state index contributed by atoms with van der Waals surface area (Å²) in [6.07, 6.45) is -1.20. The van der Waals surface area contributed by atoms with Crippen LogP contribution < -0.4 is 43.4 Å². The molecule has 60 heavy (non-hydrogen) atoms. The molecule has 6 atom stereocenters. The van der Waals surface area contributed by atoms with Gasteiger partial charge in [0, 0.05) is 12.8 Å². The van der Waals surface area contributed by atoms with Crippen molar-refractivity contribution in [2.24, 2.45) is 17.4 Å². The van der Waals surface area contributed by atoms with E-state index in [4.69, 9.17) is 11.5 Å². The number of carbonyl (C=O) groups is 8. The average Bonchev–Trinajstić information content (AvgIpc) is 3.19. The van der Waals surface area contributed by atoms with Gasteiger partial charge in [-0.3, -0.25) is 38.4 Å². The number of hydrogen-bond acceptors (Lipinski definition) is 11. The van der Waals surface area contributed by atoms with E-state index in [-0.39, 0.29) is 30.8 Å². The molecule has 0 unspecified atom stereocenters. The van der Waals surface area contributed by atoms with Crippen molar-refractivity contribution in [3.63, 3.8) is 0 Å². The summed E-state index contributed by atoms with van der Waals surface area (Å²) in [5.74, 6) is -8.04. The van der Waals surface area contributed by atoms with Crippen LogP contribution in [0.3, 0.4) is 0 Å². The van der Waals surface area contributed by atoms with E-state index in [1.165, 1.54) is 43.3 Å². The number of carbonyl (C=O) groups excluding carboxylic acids is 7. The van der Waals surface area contributed by atoms with Crippen LogP contribution in [0.1, 0.15) is 43.9 Å². The zero-order valence-electron chi connectivity index (χ0n) is 33.3. The number of amides is 7. The van der Waals surface area contributed by atoms with Crippen LogP contribution in [-0.4, -0.2) is 105 Å². The number of nitrogens with two attached hydrogens (primary N) is 2. The number of carboxylic acid groups (broad SMARTS) is 1. The minimum atomic E-state index is -1.80. The van der Waals surface area contributed by atoms with E-state index >= 15 is 0 Å². The Morgan fingerprint density at radius 3 is 1.50 bits per heavy atom. The van der Waals surface area contributed by atoms with Crippen LogP contribution in [0.4, 0.5) is 0 Å². The van der Waals surface area contributed by atoms with Gasteiger partial charge < -0.3 is 58.7 Å². The molecule has 0 saturated heterocycles. The largest absolute Gasteiger partial charge is 0.508 e. The maximum absolute atomic E-state index is 13.9. The molecule has 0 aromatic heterocycles. The lowest BCUT2D eigenvalue weighted by Gasteiger charge is -2.27. The molecular formula is C41H52N8O11. The van der Waals surface area contributed by atoms with Crippen molar-refractivity contribution in [1.82, 2.24) is 31.9 Å². The van der Waals surface area contributed by atoms with Gasteiger partial charge in [0.15, 0.2) is 0 Å². The number of phenols is 2. The summed E-state index contributed by atoms with van der Waals surface area (Å²) < 4.78 is 0. The second-order valence-corrected chi connectivity index (χ2v) is 14.5. The van der Waals surface area contributed by atoms with Gasteiger partial charge in [-0.1, -0.05) is 68.4 Å². The smallest absolute Gasteiger partial charge is 0.305 e. The molecule has 3 aromatic rings. The third-order valence-electron chi connectivity index (χ3n) is 9.10. The molecule has 0 aliphatic carbocycles. The molecule has 0 spiro atoms. The molecule has 0 radical (unpaired) electrons. The third kappa shape index (κ3) is 15.7. The fourth-order valence-corrected chi connectivity index (χ4v) is 5.80. The van der Waals surface area contributed by atoms with E-state index in [9.17, 15) is 53.7 Å². The normalized spacial score (nSPS) is 13.9. The van der Waals surface area contributed by atoms with Gasteiger partial charge in [0.05, 0.1) is 19.0 Å². The van der Waals surface area contributed by atoms with Gasteiger partial charge in [0.1, 0.15) is 41.7 Å². The summed E-state index contributed by atoms with van der Waals surface area (Å²) >= 11 is 0. The van der Waals surface area contributed by atoms with Gasteiger partial charge in [-0.25, -0.2) is 0 Å². The van der Waals surface area contributed by atoms with Gasteiger partial charge in [-0.15, -0.1) is 0 Å². The molecule has 0 aliphatic heterocycles. The third-order valence-corrected chi connectivity index (χ3v) is 9.10. The van der Waals surface area contributed by atoms with Crippen LogP contribution in [-0.2, 0) is 57.6 Å². The molecule has 322 valence electrons. The Morgan fingerprint density at radius 2 is 1.00 bits per heavy atom. The number of aromatic hydroxyl groups is 2. The lowest BCUT2D eigenvalue weighted by molar-refractivity contribution is -0.141. The summed E-state index contributed by atoms with van der Waals surface area (Å²) in [4.78, 5) is 104. The standard InChI is InChI=1S/C41H52N8O11/c1-22(2)35(41(60)44-21-33(43)52)49-40(59)31(19-26-11-15-28(51)16-12-26)47-39(58)32(20-34(53)54)48-38(57)30(18-24-7-5-4-6-8-24)46-36(55)23(3)45-37(56)29(42)17-25-9-13-27(50)14-10-25/h4-16,22-23,29-32,35,50-51H,17-21,42H2,1-3H3,(H2,43,52)(H,44,60)(H,45,56)(H,46,55)(H,47,58)(H,48,57)(H,49,59)(H,53,54)/t23-,29-,30-,31-,32-,35-/m0/s1. The zero-order chi connectivity index (χ0) is 44.5. The first kappa shape index (κ1) is 47.4. The Bertz CT molecular complexity index is 1980. The molecule has 0 bridgehead atoms. The van der Waals surface area contributed by atoms with Gasteiger partial charge in [0.25, 0.3) is 0 Å². The molecule has 0 fully saturated rings. The number of rotatable bonds is 22. The van der Waals surface area contributed by atoms with Crippen LogP contribution in [0, 0.1) is 5.92 Å². The molecular weight excluding hydrogens is 780 g/mol. The predicted octanol–water partition coefficient (Wildman–Crippen LogP) is -1.37. The van der Waals surface area contributed by atoms with E-state index in [0.717, 1.165) is 0 Å². The van der Waals surface area contributed by atoms with E-state index < -0.39 is 102 Å². The number of carboxylic acids is 1. The van der Waals surface area contributed by atoms with Crippen LogP contribution in [0.25, 0.3) is 0 Å². The summed E-state index contributed by atoms with van der Waals surface area (Å²) in [6, 6.07) is 12.0. The van der Waals surface area contributed by atoms with Gasteiger partial charge in [0.2, 0.25) is 41.4 Å². The average molecular weight is 833 g/mol. The second kappa shape index (κ2) is 22.8. The highest BCUT2D eigenvalue weighted by atomic mass is 16.4. The number of hydrogen-bond donors (Lipinski definition) is 11. The second-order valence-electron chi connectivity index (χ2n) is 14.5. The molecule has 13 N–H and O–H groups in total. The fraction of sp³-hybridized carbons (Fsp3) is 0.366. The summed E-state index contributed by atoms with van der Waals surface area (Å²) in [5, 5.41) is 43.8. The van der Waals surface area contributed by atoms with E-state index in [1.807, 2.05) is 0 Å². The SMILES string of the molecule is CC(C)[C@H](NC(=O)[C@H](Cc1ccc(O)cc1)NC(=O)[C@H](CC(=O)O)NC(=O)[C@H](Cc1ccccc1)NC(=O)[C@H](C)NC(=O)[C@@H](N)Cc1ccc(O)cc1)C(=O)NCC(N)=O. The molecule has 0 aliphatic rings.